The average molecular weight is 242 g/mol. The molecule has 2 rings (SSSR count). The minimum atomic E-state index is 0.287. The summed E-state index contributed by atoms with van der Waals surface area (Å²) in [5.74, 6) is 0.662. The molecule has 0 fully saturated rings. The van der Waals surface area contributed by atoms with Crippen LogP contribution in [0.3, 0.4) is 0 Å². The fourth-order valence-electron chi connectivity index (χ4n) is 1.29. The van der Waals surface area contributed by atoms with Crippen LogP contribution in [0.4, 0.5) is 0 Å². The summed E-state index contributed by atoms with van der Waals surface area (Å²) >= 11 is 1.52. The van der Waals surface area contributed by atoms with Crippen molar-refractivity contribution >= 4 is 17.0 Å². The Hall–Kier alpha value is -2.12. The van der Waals surface area contributed by atoms with Crippen LogP contribution in [-0.2, 0) is 0 Å². The van der Waals surface area contributed by atoms with E-state index < -0.39 is 0 Å². The Balaban J connectivity index is 2.21. The molecule has 0 aliphatic heterocycles. The van der Waals surface area contributed by atoms with Crippen molar-refractivity contribution in [3.8, 4) is 11.8 Å². The van der Waals surface area contributed by atoms with E-state index in [1.807, 2.05) is 54.1 Å². The molecule has 1 aromatic carbocycles. The number of hydrogen-bond donors (Lipinski definition) is 0. The normalized spacial score (nSPS) is 10.9. The van der Waals surface area contributed by atoms with E-state index in [0.717, 1.165) is 11.1 Å². The van der Waals surface area contributed by atoms with Crippen LogP contribution in [0.2, 0.25) is 0 Å². The smallest absolute Gasteiger partial charge is 0.188 e. The molecule has 0 spiro atoms. The van der Waals surface area contributed by atoms with Crippen LogP contribution in [0.1, 0.15) is 11.1 Å². The predicted octanol–water partition coefficient (Wildman–Crippen LogP) is 3.36. The van der Waals surface area contributed by atoms with Crippen molar-refractivity contribution in [2.24, 2.45) is 5.16 Å². The van der Waals surface area contributed by atoms with Gasteiger partial charge < -0.3 is 4.84 Å². The van der Waals surface area contributed by atoms with Gasteiger partial charge in [0.25, 0.3) is 0 Å². The van der Waals surface area contributed by atoms with E-state index in [-0.39, 0.29) is 5.71 Å². The van der Waals surface area contributed by atoms with E-state index in [9.17, 15) is 0 Å². The fourth-order valence-corrected chi connectivity index (χ4v) is 1.93. The van der Waals surface area contributed by atoms with Gasteiger partial charge in [-0.3, -0.25) is 0 Å². The molecule has 0 saturated heterocycles. The lowest BCUT2D eigenvalue weighted by Gasteiger charge is -2.02. The van der Waals surface area contributed by atoms with Gasteiger partial charge in [0, 0.05) is 10.9 Å². The molecule has 0 aliphatic carbocycles. The molecule has 1 heterocycles. The molecule has 1 aromatic heterocycles. The first-order chi connectivity index (χ1) is 8.31. The van der Waals surface area contributed by atoms with Crippen molar-refractivity contribution in [3.05, 3.63) is 52.2 Å². The number of nitriles is 1. The number of rotatable bonds is 3. The maximum atomic E-state index is 8.99. The summed E-state index contributed by atoms with van der Waals surface area (Å²) in [5, 5.41) is 16.6. The summed E-state index contributed by atoms with van der Waals surface area (Å²) in [7, 11) is 0. The SMILES string of the molecule is Cc1ccccc1ON=C(C#N)c1ccsc1. The topological polar surface area (TPSA) is 45.4 Å². The summed E-state index contributed by atoms with van der Waals surface area (Å²) in [5.41, 5.74) is 2.06. The molecule has 4 heteroatoms. The number of benzene rings is 1. The lowest BCUT2D eigenvalue weighted by Crippen LogP contribution is -1.98. The Kier molecular flexibility index (Phi) is 3.53. The molecule has 2 aromatic rings. The van der Waals surface area contributed by atoms with Gasteiger partial charge in [-0.05, 0) is 30.0 Å². The van der Waals surface area contributed by atoms with Crippen molar-refractivity contribution < 1.29 is 4.84 Å². The van der Waals surface area contributed by atoms with Crippen LogP contribution in [-0.4, -0.2) is 5.71 Å². The Morgan fingerprint density at radius 2 is 2.18 bits per heavy atom. The Labute approximate surface area is 104 Å². The molecule has 17 heavy (non-hydrogen) atoms. The molecule has 84 valence electrons. The number of thiophene rings is 1. The van der Waals surface area contributed by atoms with Crippen molar-refractivity contribution in [2.45, 2.75) is 6.92 Å². The van der Waals surface area contributed by atoms with E-state index in [0.29, 0.717) is 5.75 Å². The van der Waals surface area contributed by atoms with Crippen molar-refractivity contribution in [1.82, 2.24) is 0 Å². The van der Waals surface area contributed by atoms with Gasteiger partial charge in [0.15, 0.2) is 11.5 Å². The minimum Gasteiger partial charge on any atom is -0.355 e. The van der Waals surface area contributed by atoms with Crippen LogP contribution >= 0.6 is 11.3 Å². The highest BCUT2D eigenvalue weighted by Crippen LogP contribution is 2.17. The highest BCUT2D eigenvalue weighted by molar-refractivity contribution is 7.08. The maximum absolute atomic E-state index is 8.99. The molecule has 0 saturated carbocycles. The summed E-state index contributed by atoms with van der Waals surface area (Å²) in [6, 6.07) is 11.4. The van der Waals surface area contributed by atoms with Gasteiger partial charge in [0.1, 0.15) is 6.07 Å². The zero-order valence-corrected chi connectivity index (χ0v) is 10.1. The highest BCUT2D eigenvalue weighted by atomic mass is 32.1. The van der Waals surface area contributed by atoms with Crippen molar-refractivity contribution in [1.29, 1.82) is 5.26 Å². The second-order valence-corrected chi connectivity index (χ2v) is 4.20. The Bertz CT molecular complexity index is 567. The zero-order chi connectivity index (χ0) is 12.1. The van der Waals surface area contributed by atoms with Crippen LogP contribution in [0.15, 0.2) is 46.2 Å². The lowest BCUT2D eigenvalue weighted by atomic mass is 10.2. The second kappa shape index (κ2) is 5.28. The second-order valence-electron chi connectivity index (χ2n) is 3.42. The summed E-state index contributed by atoms with van der Waals surface area (Å²) in [6.07, 6.45) is 0. The van der Waals surface area contributed by atoms with E-state index in [4.69, 9.17) is 10.1 Å². The Morgan fingerprint density at radius 3 is 2.82 bits per heavy atom. The monoisotopic (exact) mass is 242 g/mol. The molecular weight excluding hydrogens is 232 g/mol. The molecule has 0 atom stereocenters. The summed E-state index contributed by atoms with van der Waals surface area (Å²) in [6.45, 7) is 1.93. The molecular formula is C13H10N2OS. The van der Waals surface area contributed by atoms with Crippen LogP contribution < -0.4 is 4.84 Å². The summed E-state index contributed by atoms with van der Waals surface area (Å²) in [4.78, 5) is 5.28. The zero-order valence-electron chi connectivity index (χ0n) is 9.25. The number of para-hydroxylation sites is 1. The third kappa shape index (κ3) is 2.71. The van der Waals surface area contributed by atoms with E-state index in [1.165, 1.54) is 11.3 Å². The minimum absolute atomic E-state index is 0.287. The van der Waals surface area contributed by atoms with E-state index in [1.54, 1.807) is 0 Å². The molecule has 0 radical (unpaired) electrons. The third-order valence-electron chi connectivity index (χ3n) is 2.23. The van der Waals surface area contributed by atoms with Gasteiger partial charge in [-0.15, -0.1) is 0 Å². The average Bonchev–Trinajstić information content (AvgIpc) is 2.86. The first kappa shape index (κ1) is 11.4. The van der Waals surface area contributed by atoms with E-state index >= 15 is 0 Å². The number of aryl methyl sites for hydroxylation is 1. The number of hydrogen-bond acceptors (Lipinski definition) is 4. The summed E-state index contributed by atoms with van der Waals surface area (Å²) < 4.78 is 0. The number of oxime groups is 1. The largest absolute Gasteiger partial charge is 0.355 e. The molecule has 0 N–H and O–H groups in total. The first-order valence-electron chi connectivity index (χ1n) is 5.04. The third-order valence-corrected chi connectivity index (χ3v) is 2.91. The van der Waals surface area contributed by atoms with Gasteiger partial charge >= 0.3 is 0 Å². The predicted molar refractivity (Wildman–Crippen MR) is 68.3 cm³/mol. The maximum Gasteiger partial charge on any atom is 0.188 e. The lowest BCUT2D eigenvalue weighted by molar-refractivity contribution is 0.340. The van der Waals surface area contributed by atoms with Crippen molar-refractivity contribution in [2.75, 3.05) is 0 Å². The quantitative estimate of drug-likeness (QED) is 0.612. The van der Waals surface area contributed by atoms with Crippen LogP contribution in [0.5, 0.6) is 5.75 Å². The van der Waals surface area contributed by atoms with Gasteiger partial charge in [-0.1, -0.05) is 23.4 Å². The van der Waals surface area contributed by atoms with Crippen LogP contribution in [0, 0.1) is 18.3 Å². The van der Waals surface area contributed by atoms with E-state index in [2.05, 4.69) is 5.16 Å². The first-order valence-corrected chi connectivity index (χ1v) is 5.99. The molecule has 3 nitrogen and oxygen atoms in total. The van der Waals surface area contributed by atoms with Gasteiger partial charge in [0.2, 0.25) is 0 Å². The van der Waals surface area contributed by atoms with Crippen molar-refractivity contribution in [3.63, 3.8) is 0 Å². The molecule has 0 amide bonds. The molecule has 0 bridgehead atoms. The highest BCUT2D eigenvalue weighted by Gasteiger charge is 2.04. The Morgan fingerprint density at radius 1 is 1.35 bits per heavy atom. The van der Waals surface area contributed by atoms with Gasteiger partial charge in [-0.25, -0.2) is 0 Å². The number of nitrogens with zero attached hydrogens (tertiary/aromatic N) is 2. The van der Waals surface area contributed by atoms with Crippen LogP contribution in [0.25, 0.3) is 0 Å². The molecule has 0 unspecified atom stereocenters. The standard InChI is InChI=1S/C13H10N2OS/c1-10-4-2-3-5-13(10)16-15-12(8-14)11-6-7-17-9-11/h2-7,9H,1H3. The molecule has 0 aliphatic rings. The van der Waals surface area contributed by atoms with Gasteiger partial charge in [-0.2, -0.15) is 16.6 Å². The van der Waals surface area contributed by atoms with Gasteiger partial charge in [0.05, 0.1) is 0 Å². The fraction of sp³-hybridized carbons (Fsp3) is 0.0769.